The van der Waals surface area contributed by atoms with Gasteiger partial charge in [-0.2, -0.15) is 0 Å². The molecule has 62 valence electrons. The normalized spacial score (nSPS) is 35.9. The van der Waals surface area contributed by atoms with Crippen LogP contribution < -0.4 is 11.5 Å². The highest BCUT2D eigenvalue weighted by Crippen LogP contribution is 2.35. The van der Waals surface area contributed by atoms with Gasteiger partial charge < -0.3 is 16.6 Å². The Kier molecular flexibility index (Phi) is 1.60. The molecule has 11 heavy (non-hydrogen) atoms. The number of carboxylic acid groups (broad SMARTS) is 1. The van der Waals surface area contributed by atoms with E-state index in [0.29, 0.717) is 0 Å². The van der Waals surface area contributed by atoms with Gasteiger partial charge in [-0.3, -0.25) is 9.59 Å². The van der Waals surface area contributed by atoms with E-state index < -0.39 is 23.3 Å². The number of amides is 1. The Morgan fingerprint density at radius 2 is 1.91 bits per heavy atom. The first kappa shape index (κ1) is 8.00. The van der Waals surface area contributed by atoms with Crippen LogP contribution >= 0.6 is 0 Å². The first-order valence-corrected chi connectivity index (χ1v) is 3.27. The van der Waals surface area contributed by atoms with Crippen molar-refractivity contribution in [3.05, 3.63) is 0 Å². The molecule has 0 radical (unpaired) electrons. The average Bonchev–Trinajstić information content (AvgIpc) is 1.79. The van der Waals surface area contributed by atoms with E-state index in [9.17, 15) is 9.59 Å². The lowest BCUT2D eigenvalue weighted by molar-refractivity contribution is -0.149. The van der Waals surface area contributed by atoms with Crippen molar-refractivity contribution in [3.8, 4) is 0 Å². The summed E-state index contributed by atoms with van der Waals surface area (Å²) in [5, 5.41) is 8.44. The third kappa shape index (κ3) is 1.19. The summed E-state index contributed by atoms with van der Waals surface area (Å²) in [5.41, 5.74) is 9.31. The van der Waals surface area contributed by atoms with Gasteiger partial charge in [0.2, 0.25) is 5.91 Å². The largest absolute Gasteiger partial charge is 0.481 e. The predicted octanol–water partition coefficient (Wildman–Crippen LogP) is -1.34. The third-order valence-electron chi connectivity index (χ3n) is 2.06. The summed E-state index contributed by atoms with van der Waals surface area (Å²) < 4.78 is 0. The zero-order chi connectivity index (χ0) is 8.65. The minimum Gasteiger partial charge on any atom is -0.481 e. The number of aliphatic carboxylic acids is 1. The maximum atomic E-state index is 10.6. The lowest BCUT2D eigenvalue weighted by Crippen LogP contribution is -2.62. The Morgan fingerprint density at radius 1 is 1.45 bits per heavy atom. The molecule has 1 amide bonds. The van der Waals surface area contributed by atoms with Crippen molar-refractivity contribution in [1.29, 1.82) is 0 Å². The van der Waals surface area contributed by atoms with E-state index in [-0.39, 0.29) is 12.8 Å². The quantitative estimate of drug-likeness (QED) is 0.462. The molecule has 0 aromatic heterocycles. The Morgan fingerprint density at radius 3 is 2.18 bits per heavy atom. The maximum absolute atomic E-state index is 10.6. The van der Waals surface area contributed by atoms with Gasteiger partial charge in [-0.05, 0) is 12.8 Å². The maximum Gasteiger partial charge on any atom is 0.306 e. The molecule has 0 saturated heterocycles. The molecule has 1 fully saturated rings. The monoisotopic (exact) mass is 158 g/mol. The molecule has 0 aromatic carbocycles. The summed E-state index contributed by atoms with van der Waals surface area (Å²) >= 11 is 0. The van der Waals surface area contributed by atoms with E-state index in [4.69, 9.17) is 16.6 Å². The number of carbonyl (C=O) groups excluding carboxylic acids is 1. The van der Waals surface area contributed by atoms with Crippen LogP contribution in [0.15, 0.2) is 0 Å². The third-order valence-corrected chi connectivity index (χ3v) is 2.06. The molecule has 1 saturated carbocycles. The summed E-state index contributed by atoms with van der Waals surface area (Å²) in [6, 6.07) is 0. The van der Waals surface area contributed by atoms with Crippen molar-refractivity contribution >= 4 is 11.9 Å². The van der Waals surface area contributed by atoms with Crippen LogP contribution in [0.4, 0.5) is 0 Å². The van der Waals surface area contributed by atoms with E-state index in [1.807, 2.05) is 0 Å². The fourth-order valence-corrected chi connectivity index (χ4v) is 1.20. The molecule has 1 rings (SSSR count). The van der Waals surface area contributed by atoms with E-state index >= 15 is 0 Å². The molecular weight excluding hydrogens is 148 g/mol. The molecule has 0 unspecified atom stereocenters. The van der Waals surface area contributed by atoms with Crippen molar-refractivity contribution in [2.24, 2.45) is 17.4 Å². The Hall–Kier alpha value is -1.10. The zero-order valence-corrected chi connectivity index (χ0v) is 5.91. The Bertz CT molecular complexity index is 208. The van der Waals surface area contributed by atoms with E-state index in [2.05, 4.69) is 0 Å². The number of nitrogens with two attached hydrogens (primary N) is 2. The van der Waals surface area contributed by atoms with Crippen molar-refractivity contribution in [2.75, 3.05) is 0 Å². The Labute approximate surface area is 63.4 Å². The molecule has 0 aromatic rings. The predicted molar refractivity (Wildman–Crippen MR) is 36.5 cm³/mol. The van der Waals surface area contributed by atoms with Gasteiger partial charge in [-0.25, -0.2) is 0 Å². The van der Waals surface area contributed by atoms with E-state index in [0.717, 1.165) is 0 Å². The smallest absolute Gasteiger partial charge is 0.306 e. The number of carboxylic acids is 1. The average molecular weight is 158 g/mol. The van der Waals surface area contributed by atoms with Crippen molar-refractivity contribution in [1.82, 2.24) is 0 Å². The second-order valence-corrected chi connectivity index (χ2v) is 2.96. The van der Waals surface area contributed by atoms with Gasteiger partial charge in [0, 0.05) is 0 Å². The van der Waals surface area contributed by atoms with Gasteiger partial charge in [-0.1, -0.05) is 0 Å². The number of rotatable bonds is 2. The van der Waals surface area contributed by atoms with Crippen molar-refractivity contribution < 1.29 is 14.7 Å². The summed E-state index contributed by atoms with van der Waals surface area (Å²) in [6.07, 6.45) is 0.329. The molecule has 1 aliphatic rings. The van der Waals surface area contributed by atoms with Crippen LogP contribution in [-0.2, 0) is 9.59 Å². The van der Waals surface area contributed by atoms with Crippen molar-refractivity contribution in [3.63, 3.8) is 0 Å². The topological polar surface area (TPSA) is 106 Å². The highest BCUT2D eigenvalue weighted by Gasteiger charge is 2.48. The molecular formula is C6H10N2O3. The summed E-state index contributed by atoms with van der Waals surface area (Å²) in [7, 11) is 0. The van der Waals surface area contributed by atoms with Crippen LogP contribution in [0.3, 0.4) is 0 Å². The summed E-state index contributed by atoms with van der Waals surface area (Å²) in [6.45, 7) is 0. The SMILES string of the molecule is NC(=O)C1(N)CC(C(=O)O)C1. The zero-order valence-electron chi connectivity index (χ0n) is 5.91. The molecule has 1 aliphatic carbocycles. The molecule has 0 heterocycles. The molecule has 0 bridgehead atoms. The van der Waals surface area contributed by atoms with Gasteiger partial charge in [0.05, 0.1) is 11.5 Å². The summed E-state index contributed by atoms with van der Waals surface area (Å²) in [5.74, 6) is -2.02. The number of hydrogen-bond donors (Lipinski definition) is 3. The molecule has 0 spiro atoms. The lowest BCUT2D eigenvalue weighted by atomic mass is 9.68. The van der Waals surface area contributed by atoms with Crippen LogP contribution in [0.1, 0.15) is 12.8 Å². The fraction of sp³-hybridized carbons (Fsp3) is 0.667. The second kappa shape index (κ2) is 2.20. The molecule has 5 nitrogen and oxygen atoms in total. The Balaban J connectivity index is 2.50. The van der Waals surface area contributed by atoms with Crippen LogP contribution in [-0.4, -0.2) is 22.5 Å². The van der Waals surface area contributed by atoms with Crippen LogP contribution in [0.5, 0.6) is 0 Å². The van der Waals surface area contributed by atoms with Gasteiger partial charge in [0.15, 0.2) is 0 Å². The summed E-state index contributed by atoms with van der Waals surface area (Å²) in [4.78, 5) is 20.9. The van der Waals surface area contributed by atoms with Crippen LogP contribution in [0.25, 0.3) is 0 Å². The van der Waals surface area contributed by atoms with E-state index in [1.165, 1.54) is 0 Å². The van der Waals surface area contributed by atoms with Crippen LogP contribution in [0, 0.1) is 5.92 Å². The second-order valence-electron chi connectivity index (χ2n) is 2.96. The first-order valence-electron chi connectivity index (χ1n) is 3.27. The van der Waals surface area contributed by atoms with Gasteiger partial charge in [-0.15, -0.1) is 0 Å². The minimum absolute atomic E-state index is 0.164. The van der Waals surface area contributed by atoms with Gasteiger partial charge in [0.25, 0.3) is 0 Å². The van der Waals surface area contributed by atoms with Crippen molar-refractivity contribution in [2.45, 2.75) is 18.4 Å². The van der Waals surface area contributed by atoms with Crippen LogP contribution in [0.2, 0.25) is 0 Å². The highest BCUT2D eigenvalue weighted by atomic mass is 16.4. The molecule has 0 aliphatic heterocycles. The minimum atomic E-state index is -1.07. The lowest BCUT2D eigenvalue weighted by Gasteiger charge is -2.39. The first-order chi connectivity index (χ1) is 4.96. The molecule has 5 N–H and O–H groups in total. The number of primary amides is 1. The standard InChI is InChI=1S/C6H10N2O3/c7-5(11)6(8)1-3(2-6)4(9)10/h3H,1-2,8H2,(H2,7,11)(H,9,10). The fourth-order valence-electron chi connectivity index (χ4n) is 1.20. The van der Waals surface area contributed by atoms with E-state index in [1.54, 1.807) is 0 Å². The highest BCUT2D eigenvalue weighted by molar-refractivity contribution is 5.88. The molecule has 5 heteroatoms. The number of carbonyl (C=O) groups is 2. The number of hydrogen-bond acceptors (Lipinski definition) is 3. The van der Waals surface area contributed by atoms with Gasteiger partial charge in [0.1, 0.15) is 0 Å². The van der Waals surface area contributed by atoms with Gasteiger partial charge >= 0.3 is 5.97 Å². The molecule has 0 atom stereocenters.